The molecule has 0 radical (unpaired) electrons. The monoisotopic (exact) mass is 394 g/mol. The van der Waals surface area contributed by atoms with Crippen LogP contribution in [0.2, 0.25) is 0 Å². The summed E-state index contributed by atoms with van der Waals surface area (Å²) in [6.07, 6.45) is 4.09. The zero-order chi connectivity index (χ0) is 19.5. The molecule has 2 aliphatic rings. The molecule has 1 atom stereocenters. The number of rotatable bonds is 2. The van der Waals surface area contributed by atoms with Gasteiger partial charge in [0, 0.05) is 22.7 Å². The number of pyridine rings is 1. The van der Waals surface area contributed by atoms with Gasteiger partial charge in [-0.25, -0.2) is 9.78 Å². The maximum Gasteiger partial charge on any atom is 0.325 e. The number of carbonyl (C=O) groups is 2. The molecule has 5 rings (SSSR count). The number of carbonyl (C=O) groups excluding carboxylic acids is 2. The Bertz CT molecular complexity index is 1200. The smallest absolute Gasteiger partial charge is 0.319 e. The molecule has 0 aromatic carbocycles. The Hall–Kier alpha value is -3.00. The maximum absolute atomic E-state index is 13.3. The van der Waals surface area contributed by atoms with Crippen LogP contribution in [0.3, 0.4) is 0 Å². The molecule has 3 aromatic rings. The Labute approximate surface area is 164 Å². The van der Waals surface area contributed by atoms with Gasteiger partial charge in [0.05, 0.1) is 12.2 Å². The van der Waals surface area contributed by atoms with Crippen LogP contribution < -0.4 is 10.9 Å². The number of aromatic nitrogens is 2. The Morgan fingerprint density at radius 2 is 2.11 bits per heavy atom. The Balaban J connectivity index is 1.51. The second kappa shape index (κ2) is 6.00. The Morgan fingerprint density at radius 1 is 1.25 bits per heavy atom. The summed E-state index contributed by atoms with van der Waals surface area (Å²) in [5.41, 5.74) is 1.54. The predicted molar refractivity (Wildman–Crippen MR) is 104 cm³/mol. The number of fused-ring (bicyclic) bond motifs is 3. The van der Waals surface area contributed by atoms with Crippen LogP contribution in [0.25, 0.3) is 5.65 Å². The molecule has 7 nitrogen and oxygen atoms in total. The van der Waals surface area contributed by atoms with E-state index < -0.39 is 11.6 Å². The van der Waals surface area contributed by atoms with Crippen molar-refractivity contribution < 1.29 is 9.59 Å². The third-order valence-electron chi connectivity index (χ3n) is 5.52. The van der Waals surface area contributed by atoms with E-state index in [9.17, 15) is 14.4 Å². The summed E-state index contributed by atoms with van der Waals surface area (Å²) in [5.74, 6) is -0.261. The SMILES string of the molecule is Cc1ccc2nc(CN3C(=O)N[C@]4(CCCc5sccc54)C3=O)cc(=O)n2c1. The number of nitrogens with zero attached hydrogens (tertiary/aromatic N) is 3. The van der Waals surface area contributed by atoms with Crippen LogP contribution in [-0.4, -0.2) is 26.2 Å². The van der Waals surface area contributed by atoms with Gasteiger partial charge in [-0.15, -0.1) is 11.3 Å². The van der Waals surface area contributed by atoms with E-state index in [-0.39, 0.29) is 18.0 Å². The Morgan fingerprint density at radius 3 is 2.96 bits per heavy atom. The molecule has 142 valence electrons. The average Bonchev–Trinajstić information content (AvgIpc) is 3.23. The number of thiophene rings is 1. The van der Waals surface area contributed by atoms with Gasteiger partial charge in [0.15, 0.2) is 0 Å². The Kier molecular flexibility index (Phi) is 3.67. The van der Waals surface area contributed by atoms with Gasteiger partial charge in [-0.1, -0.05) is 6.07 Å². The van der Waals surface area contributed by atoms with Crippen LogP contribution in [0.1, 0.15) is 34.5 Å². The lowest BCUT2D eigenvalue weighted by Gasteiger charge is -2.31. The molecular formula is C20H18N4O3S. The van der Waals surface area contributed by atoms with Gasteiger partial charge in [0.1, 0.15) is 11.2 Å². The molecule has 1 spiro atoms. The summed E-state index contributed by atoms with van der Waals surface area (Å²) >= 11 is 1.62. The van der Waals surface area contributed by atoms with E-state index in [2.05, 4.69) is 10.3 Å². The second-order valence-electron chi connectivity index (χ2n) is 7.36. The lowest BCUT2D eigenvalue weighted by molar-refractivity contribution is -0.132. The van der Waals surface area contributed by atoms with Gasteiger partial charge >= 0.3 is 6.03 Å². The first-order chi connectivity index (χ1) is 13.5. The van der Waals surface area contributed by atoms with E-state index in [4.69, 9.17) is 0 Å². The fourth-order valence-electron chi connectivity index (χ4n) is 4.19. The number of amides is 3. The molecular weight excluding hydrogens is 376 g/mol. The van der Waals surface area contributed by atoms with Crippen molar-refractivity contribution in [1.29, 1.82) is 0 Å². The molecule has 8 heteroatoms. The van der Waals surface area contributed by atoms with Crippen molar-refractivity contribution in [2.24, 2.45) is 0 Å². The molecule has 1 aliphatic carbocycles. The fraction of sp³-hybridized carbons (Fsp3) is 0.300. The quantitative estimate of drug-likeness (QED) is 0.677. The summed E-state index contributed by atoms with van der Waals surface area (Å²) in [6.45, 7) is 1.88. The van der Waals surface area contributed by atoms with Gasteiger partial charge < -0.3 is 5.32 Å². The van der Waals surface area contributed by atoms with Gasteiger partial charge in [-0.2, -0.15) is 0 Å². The molecule has 1 aliphatic heterocycles. The van der Waals surface area contributed by atoms with Gasteiger partial charge in [0.2, 0.25) is 0 Å². The number of aryl methyl sites for hydroxylation is 2. The highest BCUT2D eigenvalue weighted by Gasteiger charge is 2.54. The molecule has 1 saturated heterocycles. The molecule has 0 unspecified atom stereocenters. The molecule has 3 amide bonds. The van der Waals surface area contributed by atoms with Crippen LogP contribution in [0, 0.1) is 6.92 Å². The number of urea groups is 1. The summed E-state index contributed by atoms with van der Waals surface area (Å²) in [4.78, 5) is 45.2. The normalized spacial score (nSPS) is 21.4. The van der Waals surface area contributed by atoms with Crippen molar-refractivity contribution in [3.63, 3.8) is 0 Å². The molecule has 0 saturated carbocycles. The highest BCUT2D eigenvalue weighted by Crippen LogP contribution is 2.42. The first-order valence-electron chi connectivity index (χ1n) is 9.18. The van der Waals surface area contributed by atoms with Crippen LogP contribution in [0.15, 0.2) is 40.6 Å². The zero-order valence-electron chi connectivity index (χ0n) is 15.3. The van der Waals surface area contributed by atoms with E-state index in [1.54, 1.807) is 23.6 Å². The van der Waals surface area contributed by atoms with Crippen molar-refractivity contribution in [3.8, 4) is 0 Å². The molecule has 28 heavy (non-hydrogen) atoms. The first-order valence-corrected chi connectivity index (χ1v) is 10.1. The maximum atomic E-state index is 13.3. The second-order valence-corrected chi connectivity index (χ2v) is 8.36. The third kappa shape index (κ3) is 2.41. The summed E-state index contributed by atoms with van der Waals surface area (Å²) in [5, 5.41) is 4.89. The summed E-state index contributed by atoms with van der Waals surface area (Å²) in [7, 11) is 0. The minimum atomic E-state index is -0.979. The molecule has 3 aromatic heterocycles. The average molecular weight is 394 g/mol. The van der Waals surface area contributed by atoms with Crippen LogP contribution in [-0.2, 0) is 23.3 Å². The van der Waals surface area contributed by atoms with E-state index in [1.165, 1.54) is 15.4 Å². The van der Waals surface area contributed by atoms with Crippen molar-refractivity contribution in [2.75, 3.05) is 0 Å². The number of nitrogens with one attached hydrogen (secondary N) is 1. The third-order valence-corrected chi connectivity index (χ3v) is 6.50. The minimum Gasteiger partial charge on any atom is -0.319 e. The van der Waals surface area contributed by atoms with Crippen molar-refractivity contribution >= 4 is 28.9 Å². The van der Waals surface area contributed by atoms with Crippen LogP contribution in [0.4, 0.5) is 4.79 Å². The van der Waals surface area contributed by atoms with E-state index >= 15 is 0 Å². The minimum absolute atomic E-state index is 0.0223. The lowest BCUT2D eigenvalue weighted by atomic mass is 9.80. The first kappa shape index (κ1) is 17.1. The van der Waals surface area contributed by atoms with E-state index in [0.717, 1.165) is 28.8 Å². The number of hydrogen-bond acceptors (Lipinski definition) is 5. The van der Waals surface area contributed by atoms with Crippen LogP contribution in [0.5, 0.6) is 0 Å². The standard InChI is InChI=1S/C20H18N4O3S/c1-12-4-5-16-21-13(9-17(25)23(16)10-12)11-24-18(26)20(22-19(24)27)7-2-3-15-14(20)6-8-28-15/h4-6,8-10H,2-3,7,11H2,1H3,(H,22,27)/t20-/m0/s1. The number of imide groups is 1. The van der Waals surface area contributed by atoms with Crippen LogP contribution >= 0.6 is 11.3 Å². The fourth-order valence-corrected chi connectivity index (χ4v) is 5.19. The van der Waals surface area contributed by atoms with Gasteiger partial charge in [-0.3, -0.25) is 18.9 Å². The topological polar surface area (TPSA) is 83.8 Å². The van der Waals surface area contributed by atoms with Crippen molar-refractivity contribution in [2.45, 2.75) is 38.3 Å². The molecule has 4 heterocycles. The van der Waals surface area contributed by atoms with E-state index in [0.29, 0.717) is 17.8 Å². The molecule has 1 fully saturated rings. The van der Waals surface area contributed by atoms with Gasteiger partial charge in [-0.05, 0) is 49.3 Å². The molecule has 0 bridgehead atoms. The summed E-state index contributed by atoms with van der Waals surface area (Å²) in [6, 6.07) is 6.51. The van der Waals surface area contributed by atoms with E-state index in [1.807, 2.05) is 24.4 Å². The lowest BCUT2D eigenvalue weighted by Crippen LogP contribution is -2.46. The predicted octanol–water partition coefficient (Wildman–Crippen LogP) is 2.35. The highest BCUT2D eigenvalue weighted by molar-refractivity contribution is 7.10. The summed E-state index contributed by atoms with van der Waals surface area (Å²) < 4.78 is 1.46. The molecule has 1 N–H and O–H groups in total. The highest BCUT2D eigenvalue weighted by atomic mass is 32.1. The van der Waals surface area contributed by atoms with Crippen molar-refractivity contribution in [1.82, 2.24) is 19.6 Å². The largest absolute Gasteiger partial charge is 0.325 e. The van der Waals surface area contributed by atoms with Gasteiger partial charge in [0.25, 0.3) is 11.5 Å². The zero-order valence-corrected chi connectivity index (χ0v) is 16.1. The number of hydrogen-bond donors (Lipinski definition) is 1. The van der Waals surface area contributed by atoms with Crippen molar-refractivity contribution in [3.05, 3.63) is 67.9 Å².